The minimum atomic E-state index is -0.522. The Bertz CT molecular complexity index is 462. The van der Waals surface area contributed by atoms with Gasteiger partial charge < -0.3 is 24.8 Å². The highest BCUT2D eigenvalue weighted by atomic mass is 16.7. The minimum Gasteiger partial charge on any atom is -0.569 e. The number of carbonyl (C=O) groups excluding carboxylic acids is 1. The van der Waals surface area contributed by atoms with E-state index in [1.165, 1.54) is 5.01 Å². The number of carbonyl (C=O) groups is 1. The zero-order valence-electron chi connectivity index (χ0n) is 16.2. The average Bonchev–Trinajstić information content (AvgIpc) is 2.48. The summed E-state index contributed by atoms with van der Waals surface area (Å²) in [6, 6.07) is 0. The number of nitrogens with zero attached hydrogens (tertiary/aromatic N) is 4. The van der Waals surface area contributed by atoms with E-state index in [-0.39, 0.29) is 25.3 Å². The molecule has 1 fully saturated rings. The van der Waals surface area contributed by atoms with Crippen molar-refractivity contribution in [3.63, 3.8) is 0 Å². The smallest absolute Gasteiger partial charge is 0.410 e. The third-order valence-electron chi connectivity index (χ3n) is 3.65. The van der Waals surface area contributed by atoms with Gasteiger partial charge in [0.2, 0.25) is 5.28 Å². The van der Waals surface area contributed by atoms with Crippen LogP contribution in [0.5, 0.6) is 0 Å². The zero-order chi connectivity index (χ0) is 19.3. The largest absolute Gasteiger partial charge is 0.569 e. The van der Waals surface area contributed by atoms with Crippen molar-refractivity contribution in [1.82, 2.24) is 9.91 Å². The van der Waals surface area contributed by atoms with E-state index in [4.69, 9.17) is 14.7 Å². The Hall–Kier alpha value is -1.77. The van der Waals surface area contributed by atoms with Crippen LogP contribution in [0.25, 0.3) is 0 Å². The van der Waals surface area contributed by atoms with Crippen LogP contribution in [0.2, 0.25) is 0 Å². The molecule has 0 aromatic rings. The van der Waals surface area contributed by atoms with Crippen LogP contribution < -0.4 is 0 Å². The van der Waals surface area contributed by atoms with Crippen LogP contribution in [0.1, 0.15) is 54.4 Å². The summed E-state index contributed by atoms with van der Waals surface area (Å²) in [6.07, 6.45) is 0.583. The van der Waals surface area contributed by atoms with Crippen molar-refractivity contribution in [3.8, 4) is 0 Å². The summed E-state index contributed by atoms with van der Waals surface area (Å²) in [4.78, 5) is 19.4. The molecule has 0 aromatic carbocycles. The normalized spacial score (nSPS) is 17.4. The molecule has 0 atom stereocenters. The summed E-state index contributed by atoms with van der Waals surface area (Å²) in [5.41, 5.74) is -1.01. The van der Waals surface area contributed by atoms with E-state index in [0.29, 0.717) is 30.9 Å². The Balaban J connectivity index is 2.52. The molecule has 0 spiro atoms. The first-order valence-electron chi connectivity index (χ1n) is 8.64. The third kappa shape index (κ3) is 7.33. The maximum atomic E-state index is 12.1. The maximum absolute atomic E-state index is 12.1. The Morgan fingerprint density at radius 3 is 2.28 bits per heavy atom. The van der Waals surface area contributed by atoms with Crippen LogP contribution in [0, 0.1) is 5.21 Å². The van der Waals surface area contributed by atoms with Crippen LogP contribution in [0.3, 0.4) is 0 Å². The highest BCUT2D eigenvalue weighted by molar-refractivity contribution is 5.68. The van der Waals surface area contributed by atoms with Crippen LogP contribution in [0.4, 0.5) is 4.79 Å². The summed E-state index contributed by atoms with van der Waals surface area (Å²) in [5.74, 6) is 0. The second-order valence-corrected chi connectivity index (χ2v) is 8.12. The van der Waals surface area contributed by atoms with E-state index in [1.807, 2.05) is 41.5 Å². The Morgan fingerprint density at radius 1 is 1.28 bits per heavy atom. The lowest BCUT2D eigenvalue weighted by atomic mass is 10.1. The molecule has 146 valence electrons. The molecular formula is C16H32N4O5. The molecule has 9 heteroatoms. The number of hydrogen-bond acceptors (Lipinski definition) is 6. The molecule has 1 saturated heterocycles. The number of β-amino-alcohol motifs (C(OH)–C–C–N with tert-alkyl or cyclic N) is 1. The van der Waals surface area contributed by atoms with Gasteiger partial charge in [0.15, 0.2) is 0 Å². The number of hydrazine groups is 1. The molecule has 9 nitrogen and oxygen atoms in total. The Labute approximate surface area is 149 Å². The van der Waals surface area contributed by atoms with Crippen LogP contribution in [-0.4, -0.2) is 69.6 Å². The van der Waals surface area contributed by atoms with Crippen LogP contribution in [0.15, 0.2) is 5.28 Å². The number of piperidine rings is 1. The molecule has 25 heavy (non-hydrogen) atoms. The quantitative estimate of drug-likeness (QED) is 0.459. The monoisotopic (exact) mass is 360 g/mol. The van der Waals surface area contributed by atoms with Crippen molar-refractivity contribution in [2.75, 3.05) is 26.2 Å². The van der Waals surface area contributed by atoms with E-state index < -0.39 is 11.1 Å². The molecule has 1 heterocycles. The SMILES string of the molecule is CC(C)(C)OC(=O)N1CCC(O/N=[N+](/[O-])N(CCO)C(C)(C)C)CC1. The first kappa shape index (κ1) is 21.3. The van der Waals surface area contributed by atoms with E-state index in [9.17, 15) is 10.0 Å². The van der Waals surface area contributed by atoms with E-state index in [0.717, 1.165) is 0 Å². The van der Waals surface area contributed by atoms with Crippen LogP contribution >= 0.6 is 0 Å². The predicted octanol–water partition coefficient (Wildman–Crippen LogP) is 2.29. The topological polar surface area (TPSA) is 101 Å². The standard InChI is InChI=1S/C16H32N4O5/c1-15(2,3)19(11-12-21)20(23)17-25-13-7-9-18(10-8-13)14(22)24-16(4,5)6/h13,21H,7-12H2,1-6H3/b20-17+. The second kappa shape index (κ2) is 8.55. The third-order valence-corrected chi connectivity index (χ3v) is 3.65. The highest BCUT2D eigenvalue weighted by Crippen LogP contribution is 2.18. The fraction of sp³-hybridized carbons (Fsp3) is 0.938. The molecular weight excluding hydrogens is 328 g/mol. The number of rotatable bonds is 5. The molecule has 0 aliphatic carbocycles. The molecule has 0 unspecified atom stereocenters. The predicted molar refractivity (Wildman–Crippen MR) is 91.5 cm³/mol. The van der Waals surface area contributed by atoms with Gasteiger partial charge in [-0.25, -0.2) is 4.79 Å². The van der Waals surface area contributed by atoms with E-state index in [1.54, 1.807) is 4.90 Å². The van der Waals surface area contributed by atoms with Gasteiger partial charge >= 0.3 is 6.09 Å². The number of amides is 1. The highest BCUT2D eigenvalue weighted by Gasteiger charge is 2.30. The van der Waals surface area contributed by atoms with Crippen molar-refractivity contribution in [2.45, 2.75) is 71.6 Å². The maximum Gasteiger partial charge on any atom is 0.410 e. The lowest BCUT2D eigenvalue weighted by Crippen LogP contribution is -2.47. The number of ether oxygens (including phenoxy) is 1. The molecule has 0 saturated carbocycles. The number of aliphatic hydroxyl groups is 1. The van der Waals surface area contributed by atoms with Crippen molar-refractivity contribution in [1.29, 1.82) is 0 Å². The van der Waals surface area contributed by atoms with Gasteiger partial charge in [-0.05, 0) is 41.5 Å². The summed E-state index contributed by atoms with van der Waals surface area (Å²) >= 11 is 0. The summed E-state index contributed by atoms with van der Waals surface area (Å²) in [7, 11) is 0. The fourth-order valence-corrected chi connectivity index (χ4v) is 2.39. The molecule has 1 aliphatic rings. The lowest BCUT2D eigenvalue weighted by Gasteiger charge is -2.32. The summed E-state index contributed by atoms with van der Waals surface area (Å²) < 4.78 is 5.34. The van der Waals surface area contributed by atoms with Gasteiger partial charge in [-0.1, -0.05) is 0 Å². The fourth-order valence-electron chi connectivity index (χ4n) is 2.39. The number of likely N-dealkylation sites (tertiary alicyclic amines) is 1. The van der Waals surface area contributed by atoms with Gasteiger partial charge in [0, 0.05) is 25.9 Å². The Kier molecular flexibility index (Phi) is 7.28. The minimum absolute atomic E-state index is 0.153. The van der Waals surface area contributed by atoms with Gasteiger partial charge in [-0.3, -0.25) is 0 Å². The lowest BCUT2D eigenvalue weighted by molar-refractivity contribution is -0.726. The number of hydrogen-bond donors (Lipinski definition) is 1. The Morgan fingerprint density at radius 2 is 1.84 bits per heavy atom. The van der Waals surface area contributed by atoms with E-state index in [2.05, 4.69) is 5.28 Å². The van der Waals surface area contributed by atoms with Gasteiger partial charge in [0.1, 0.15) is 18.2 Å². The first-order chi connectivity index (χ1) is 11.4. The molecule has 0 aromatic heterocycles. The van der Waals surface area contributed by atoms with E-state index >= 15 is 0 Å². The van der Waals surface area contributed by atoms with Gasteiger partial charge in [-0.2, -0.15) is 0 Å². The molecule has 0 radical (unpaired) electrons. The average molecular weight is 360 g/mol. The zero-order valence-corrected chi connectivity index (χ0v) is 16.2. The van der Waals surface area contributed by atoms with Gasteiger partial charge in [0.25, 0.3) is 0 Å². The second-order valence-electron chi connectivity index (χ2n) is 8.12. The molecule has 1 amide bonds. The summed E-state index contributed by atoms with van der Waals surface area (Å²) in [6.45, 7) is 12.0. The van der Waals surface area contributed by atoms with Crippen molar-refractivity contribution in [2.24, 2.45) is 5.28 Å². The van der Waals surface area contributed by atoms with Gasteiger partial charge in [-0.15, -0.1) is 5.01 Å². The number of aliphatic hydroxyl groups excluding tert-OH is 1. The van der Waals surface area contributed by atoms with Crippen LogP contribution in [-0.2, 0) is 9.57 Å². The molecule has 1 rings (SSSR count). The first-order valence-corrected chi connectivity index (χ1v) is 8.64. The van der Waals surface area contributed by atoms with Crippen molar-refractivity contribution >= 4 is 6.09 Å². The van der Waals surface area contributed by atoms with Crippen molar-refractivity contribution in [3.05, 3.63) is 5.21 Å². The van der Waals surface area contributed by atoms with Gasteiger partial charge in [0.05, 0.1) is 17.1 Å². The summed E-state index contributed by atoms with van der Waals surface area (Å²) in [5, 5.41) is 26.2. The molecule has 1 aliphatic heterocycles. The molecule has 1 N–H and O–H groups in total. The van der Waals surface area contributed by atoms with Crippen molar-refractivity contribution < 1.29 is 24.4 Å². The molecule has 0 bridgehead atoms.